The van der Waals surface area contributed by atoms with Crippen molar-refractivity contribution >= 4 is 22.7 Å². The Hall–Kier alpha value is -1.38. The molecule has 2 heterocycles. The maximum Gasteiger partial charge on any atom is 0.0735 e. The maximum absolute atomic E-state index is 3.91. The standard InChI is InChI=1S/C35H52N4P2/c1-33(2,3)41(34(4,5)6)24-28-29(35(40,31-36-19-13-20-37-31)32-38-21-14-22-39-32)23-27(25-15-9-7-10-16-25)30(28)26-17-11-8-12-18-26/h7-12,15-18,23,30-32,36-39H,13-14,19-22,24,40H2,1-6H3. The van der Waals surface area contributed by atoms with Gasteiger partial charge < -0.3 is 21.3 Å². The predicted octanol–water partition coefficient (Wildman–Crippen LogP) is 6.67. The van der Waals surface area contributed by atoms with E-state index in [9.17, 15) is 0 Å². The van der Waals surface area contributed by atoms with Gasteiger partial charge in [0.2, 0.25) is 0 Å². The topological polar surface area (TPSA) is 48.1 Å². The van der Waals surface area contributed by atoms with Crippen molar-refractivity contribution in [3.63, 3.8) is 0 Å². The minimum absolute atomic E-state index is 0.146. The van der Waals surface area contributed by atoms with Gasteiger partial charge in [-0.15, -0.1) is 9.24 Å². The Morgan fingerprint density at radius 2 is 1.17 bits per heavy atom. The summed E-state index contributed by atoms with van der Waals surface area (Å²) < 4.78 is 0. The minimum atomic E-state index is -0.349. The normalized spacial score (nSPS) is 22.0. The minimum Gasteiger partial charge on any atom is -0.301 e. The third-order valence-corrected chi connectivity index (χ3v) is 13.9. The van der Waals surface area contributed by atoms with E-state index >= 15 is 0 Å². The van der Waals surface area contributed by atoms with Crippen molar-refractivity contribution < 1.29 is 0 Å². The van der Waals surface area contributed by atoms with Gasteiger partial charge in [-0.25, -0.2) is 0 Å². The first-order valence-electron chi connectivity index (χ1n) is 15.6. The van der Waals surface area contributed by atoms with Crippen LogP contribution >= 0.6 is 17.2 Å². The Morgan fingerprint density at radius 1 is 0.707 bits per heavy atom. The van der Waals surface area contributed by atoms with Crippen LogP contribution in [0.1, 0.15) is 71.4 Å². The lowest BCUT2D eigenvalue weighted by molar-refractivity contribution is 0.231. The summed E-state index contributed by atoms with van der Waals surface area (Å²) in [5.74, 6) is 0.232. The van der Waals surface area contributed by atoms with Gasteiger partial charge in [0.25, 0.3) is 0 Å². The van der Waals surface area contributed by atoms with Gasteiger partial charge in [-0.05, 0) is 83.3 Å². The molecule has 0 radical (unpaired) electrons. The first-order chi connectivity index (χ1) is 19.5. The van der Waals surface area contributed by atoms with Crippen molar-refractivity contribution in [2.45, 2.75) is 88.1 Å². The van der Waals surface area contributed by atoms with E-state index in [-0.39, 0.29) is 41.6 Å². The Labute approximate surface area is 253 Å². The molecule has 2 aromatic carbocycles. The van der Waals surface area contributed by atoms with E-state index in [1.165, 1.54) is 22.3 Å². The van der Waals surface area contributed by atoms with Gasteiger partial charge in [-0.3, -0.25) is 0 Å². The average molecular weight is 591 g/mol. The van der Waals surface area contributed by atoms with E-state index < -0.39 is 0 Å². The van der Waals surface area contributed by atoms with E-state index in [0.29, 0.717) is 0 Å². The van der Waals surface area contributed by atoms with Crippen LogP contribution in [0.3, 0.4) is 0 Å². The highest BCUT2D eigenvalue weighted by Crippen LogP contribution is 2.63. The van der Waals surface area contributed by atoms with Crippen LogP contribution in [0.25, 0.3) is 5.57 Å². The summed E-state index contributed by atoms with van der Waals surface area (Å²) in [6.07, 6.45) is 6.32. The van der Waals surface area contributed by atoms with Crippen LogP contribution in [-0.4, -0.2) is 60.1 Å². The summed E-state index contributed by atoms with van der Waals surface area (Å²) in [7, 11) is 3.06. The van der Waals surface area contributed by atoms with Crippen molar-refractivity contribution in [3.05, 3.63) is 89.0 Å². The molecule has 2 saturated heterocycles. The SMILES string of the molecule is CC(C)(C)P(CC1=C(C(P)(C2NCCCN2)C2NCCCN2)C=C(c2ccccc2)C1c1ccccc1)C(C)(C)C. The van der Waals surface area contributed by atoms with E-state index in [1.807, 2.05) is 0 Å². The molecule has 2 fully saturated rings. The van der Waals surface area contributed by atoms with Crippen LogP contribution in [0.2, 0.25) is 0 Å². The van der Waals surface area contributed by atoms with Crippen molar-refractivity contribution in [2.24, 2.45) is 0 Å². The Morgan fingerprint density at radius 3 is 1.63 bits per heavy atom. The molecule has 2 aromatic rings. The second-order valence-corrected chi connectivity index (χ2v) is 18.8. The smallest absolute Gasteiger partial charge is 0.0735 e. The number of hydrogen-bond acceptors (Lipinski definition) is 4. The number of benzene rings is 2. The first-order valence-corrected chi connectivity index (χ1v) is 17.7. The van der Waals surface area contributed by atoms with Crippen LogP contribution < -0.4 is 21.3 Å². The molecule has 3 aliphatic rings. The summed E-state index contributed by atoms with van der Waals surface area (Å²) in [6, 6.07) is 22.4. The summed E-state index contributed by atoms with van der Waals surface area (Å²) in [4.78, 5) is 0. The van der Waals surface area contributed by atoms with Crippen LogP contribution in [0.5, 0.6) is 0 Å². The van der Waals surface area contributed by atoms with Crippen LogP contribution in [0, 0.1) is 0 Å². The van der Waals surface area contributed by atoms with E-state index in [2.05, 4.69) is 139 Å². The van der Waals surface area contributed by atoms with Crippen molar-refractivity contribution in [1.29, 1.82) is 0 Å². The molecular weight excluding hydrogens is 538 g/mol. The number of rotatable bonds is 7. The number of allylic oxidation sites excluding steroid dienone is 3. The third kappa shape index (κ3) is 6.59. The molecule has 5 rings (SSSR count). The molecule has 41 heavy (non-hydrogen) atoms. The monoisotopic (exact) mass is 590 g/mol. The molecule has 0 saturated carbocycles. The van der Waals surface area contributed by atoms with Gasteiger partial charge in [-0.1, -0.05) is 116 Å². The quantitative estimate of drug-likeness (QED) is 0.272. The van der Waals surface area contributed by atoms with E-state index in [0.717, 1.165) is 45.2 Å². The number of hydrogen-bond donors (Lipinski definition) is 4. The number of nitrogens with one attached hydrogen (secondary N) is 4. The zero-order valence-electron chi connectivity index (χ0n) is 26.1. The fourth-order valence-electron chi connectivity index (χ4n) is 7.27. The fraction of sp³-hybridized carbons (Fsp3) is 0.543. The van der Waals surface area contributed by atoms with Gasteiger partial charge in [0.05, 0.1) is 17.5 Å². The van der Waals surface area contributed by atoms with Crippen molar-refractivity contribution in [3.8, 4) is 0 Å². The molecule has 2 atom stereocenters. The largest absolute Gasteiger partial charge is 0.301 e. The summed E-state index contributed by atoms with van der Waals surface area (Å²) in [5.41, 5.74) is 7.23. The molecule has 0 amide bonds. The molecule has 222 valence electrons. The molecule has 0 spiro atoms. The molecular formula is C35H52N4P2. The van der Waals surface area contributed by atoms with Gasteiger partial charge in [0.15, 0.2) is 0 Å². The van der Waals surface area contributed by atoms with Crippen molar-refractivity contribution in [1.82, 2.24) is 21.3 Å². The lowest BCUT2D eigenvalue weighted by Gasteiger charge is -2.49. The first kappa shape index (κ1) is 31.1. The average Bonchev–Trinajstić information content (AvgIpc) is 3.36. The lowest BCUT2D eigenvalue weighted by atomic mass is 9.83. The van der Waals surface area contributed by atoms with Crippen LogP contribution in [-0.2, 0) is 0 Å². The molecule has 0 bridgehead atoms. The van der Waals surface area contributed by atoms with Gasteiger partial charge in [0.1, 0.15) is 0 Å². The van der Waals surface area contributed by atoms with Gasteiger partial charge >= 0.3 is 0 Å². The lowest BCUT2D eigenvalue weighted by Crippen LogP contribution is -2.71. The Balaban J connectivity index is 1.77. The zero-order chi connectivity index (χ0) is 29.3. The zero-order valence-corrected chi connectivity index (χ0v) is 28.1. The molecule has 2 unspecified atom stereocenters. The van der Waals surface area contributed by atoms with Crippen LogP contribution in [0.4, 0.5) is 0 Å². The molecule has 4 nitrogen and oxygen atoms in total. The van der Waals surface area contributed by atoms with E-state index in [1.54, 1.807) is 5.57 Å². The fourth-order valence-corrected chi connectivity index (χ4v) is 11.7. The Kier molecular flexibility index (Phi) is 9.62. The van der Waals surface area contributed by atoms with Gasteiger partial charge in [-0.2, -0.15) is 0 Å². The summed E-state index contributed by atoms with van der Waals surface area (Å²) >= 11 is 0. The Bertz CT molecular complexity index is 1180. The second kappa shape index (κ2) is 12.7. The highest BCUT2D eigenvalue weighted by molar-refractivity contribution is 7.61. The van der Waals surface area contributed by atoms with E-state index in [4.69, 9.17) is 0 Å². The predicted molar refractivity (Wildman–Crippen MR) is 183 cm³/mol. The highest BCUT2D eigenvalue weighted by Gasteiger charge is 2.50. The summed E-state index contributed by atoms with van der Waals surface area (Å²) in [5, 5.41) is 15.8. The summed E-state index contributed by atoms with van der Waals surface area (Å²) in [6.45, 7) is 18.9. The van der Waals surface area contributed by atoms with Gasteiger partial charge in [0, 0.05) is 5.92 Å². The molecule has 6 heteroatoms. The molecule has 1 aliphatic carbocycles. The van der Waals surface area contributed by atoms with Crippen molar-refractivity contribution in [2.75, 3.05) is 32.3 Å². The molecule has 4 N–H and O–H groups in total. The third-order valence-electron chi connectivity index (χ3n) is 9.02. The van der Waals surface area contributed by atoms with Crippen LogP contribution in [0.15, 0.2) is 77.9 Å². The maximum atomic E-state index is 3.91. The second-order valence-electron chi connectivity index (χ2n) is 14.0. The highest BCUT2D eigenvalue weighted by atomic mass is 31.1. The molecule has 2 aliphatic heterocycles. The molecule has 0 aromatic heterocycles.